The van der Waals surface area contributed by atoms with Crippen molar-refractivity contribution >= 4 is 35.8 Å². The van der Waals surface area contributed by atoms with Crippen LogP contribution < -0.4 is 15.8 Å². The number of benzene rings is 2. The van der Waals surface area contributed by atoms with Gasteiger partial charge in [-0.2, -0.15) is 0 Å². The number of rotatable bonds is 6. The first-order valence-electron chi connectivity index (χ1n) is 7.97. The van der Waals surface area contributed by atoms with E-state index in [1.54, 1.807) is 26.3 Å². The van der Waals surface area contributed by atoms with Crippen LogP contribution in [0.25, 0.3) is 0 Å². The minimum atomic E-state index is -0.422. The molecule has 140 valence electrons. The standard InChI is InChI=1S/C19H24N4O2.HI/c1-21-19(22-12-14-4-8-16(9-5-14)18(20)24)23(2)13-15-6-10-17(25-3)11-7-15;/h4-11H,12-13H2,1-3H3,(H2,20,24)(H,21,22);1H. The monoisotopic (exact) mass is 468 g/mol. The van der Waals surface area contributed by atoms with E-state index in [1.807, 2.05) is 48.3 Å². The van der Waals surface area contributed by atoms with Gasteiger partial charge < -0.3 is 20.7 Å². The number of aliphatic imine (C=N–C) groups is 1. The molecule has 0 aliphatic heterocycles. The molecule has 0 heterocycles. The zero-order valence-electron chi connectivity index (χ0n) is 15.2. The molecule has 7 heteroatoms. The normalized spacial score (nSPS) is 10.7. The number of carbonyl (C=O) groups is 1. The summed E-state index contributed by atoms with van der Waals surface area (Å²) in [6, 6.07) is 15.2. The van der Waals surface area contributed by atoms with Crippen LogP contribution in [0.2, 0.25) is 0 Å². The highest BCUT2D eigenvalue weighted by Crippen LogP contribution is 2.12. The van der Waals surface area contributed by atoms with Crippen molar-refractivity contribution in [2.75, 3.05) is 21.2 Å². The third-order valence-electron chi connectivity index (χ3n) is 3.84. The van der Waals surface area contributed by atoms with E-state index in [4.69, 9.17) is 10.5 Å². The SMILES string of the molecule is CN=C(NCc1ccc(C(N)=O)cc1)N(C)Cc1ccc(OC)cc1.I. The van der Waals surface area contributed by atoms with Crippen LogP contribution >= 0.6 is 24.0 Å². The summed E-state index contributed by atoms with van der Waals surface area (Å²) in [6.45, 7) is 1.34. The Hall–Kier alpha value is -2.29. The molecule has 0 bridgehead atoms. The number of carbonyl (C=O) groups excluding carboxylic acids is 1. The van der Waals surface area contributed by atoms with E-state index < -0.39 is 5.91 Å². The molecule has 1 amide bonds. The maximum absolute atomic E-state index is 11.1. The third-order valence-corrected chi connectivity index (χ3v) is 3.84. The van der Waals surface area contributed by atoms with Crippen LogP contribution in [0, 0.1) is 0 Å². The fourth-order valence-corrected chi connectivity index (χ4v) is 2.43. The Bertz CT molecular complexity index is 730. The number of nitrogens with one attached hydrogen (secondary N) is 1. The number of hydrogen-bond acceptors (Lipinski definition) is 3. The van der Waals surface area contributed by atoms with E-state index in [9.17, 15) is 4.79 Å². The molecule has 6 nitrogen and oxygen atoms in total. The summed E-state index contributed by atoms with van der Waals surface area (Å²) in [5.74, 6) is 1.21. The second-order valence-electron chi connectivity index (χ2n) is 5.67. The number of nitrogens with two attached hydrogens (primary N) is 1. The highest BCUT2D eigenvalue weighted by molar-refractivity contribution is 14.0. The first-order chi connectivity index (χ1) is 12.0. The molecular weight excluding hydrogens is 443 g/mol. The number of methoxy groups -OCH3 is 1. The van der Waals surface area contributed by atoms with Crippen LogP contribution in [0.3, 0.4) is 0 Å². The van der Waals surface area contributed by atoms with Crippen molar-refractivity contribution < 1.29 is 9.53 Å². The van der Waals surface area contributed by atoms with Crippen molar-refractivity contribution in [3.8, 4) is 5.75 Å². The molecule has 2 aromatic rings. The van der Waals surface area contributed by atoms with Gasteiger partial charge in [0, 0.05) is 32.7 Å². The molecule has 0 atom stereocenters. The number of hydrogen-bond donors (Lipinski definition) is 2. The van der Waals surface area contributed by atoms with Gasteiger partial charge in [0.05, 0.1) is 7.11 Å². The summed E-state index contributed by atoms with van der Waals surface area (Å²) in [7, 11) is 5.39. The van der Waals surface area contributed by atoms with Crippen molar-refractivity contribution in [2.45, 2.75) is 13.1 Å². The number of nitrogens with zero attached hydrogens (tertiary/aromatic N) is 2. The summed E-state index contributed by atoms with van der Waals surface area (Å²) in [5, 5.41) is 3.31. The molecule has 0 saturated carbocycles. The van der Waals surface area contributed by atoms with Gasteiger partial charge in [-0.25, -0.2) is 0 Å². The van der Waals surface area contributed by atoms with E-state index in [0.717, 1.165) is 29.4 Å². The predicted octanol–water partition coefficient (Wildman–Crippen LogP) is 2.62. The van der Waals surface area contributed by atoms with Crippen molar-refractivity contribution in [3.05, 3.63) is 65.2 Å². The average molecular weight is 468 g/mol. The largest absolute Gasteiger partial charge is 0.497 e. The zero-order valence-corrected chi connectivity index (χ0v) is 17.6. The minimum absolute atomic E-state index is 0. The van der Waals surface area contributed by atoms with Gasteiger partial charge in [0.1, 0.15) is 5.75 Å². The average Bonchev–Trinajstić information content (AvgIpc) is 2.63. The van der Waals surface area contributed by atoms with Gasteiger partial charge in [0.25, 0.3) is 0 Å². The lowest BCUT2D eigenvalue weighted by Gasteiger charge is -2.22. The van der Waals surface area contributed by atoms with Crippen LogP contribution in [-0.4, -0.2) is 38.0 Å². The lowest BCUT2D eigenvalue weighted by molar-refractivity contribution is 0.100. The fourth-order valence-electron chi connectivity index (χ4n) is 2.43. The first-order valence-corrected chi connectivity index (χ1v) is 7.97. The van der Waals surface area contributed by atoms with Crippen molar-refractivity contribution in [1.82, 2.24) is 10.2 Å². The second-order valence-corrected chi connectivity index (χ2v) is 5.67. The molecule has 0 saturated heterocycles. The Balaban J connectivity index is 0.00000338. The third kappa shape index (κ3) is 6.21. The van der Waals surface area contributed by atoms with Gasteiger partial charge in [-0.05, 0) is 35.4 Å². The predicted molar refractivity (Wildman–Crippen MR) is 115 cm³/mol. The van der Waals surface area contributed by atoms with Gasteiger partial charge in [0.2, 0.25) is 5.91 Å². The number of halogens is 1. The highest BCUT2D eigenvalue weighted by atomic mass is 127. The molecule has 3 N–H and O–H groups in total. The topological polar surface area (TPSA) is 79.9 Å². The van der Waals surface area contributed by atoms with E-state index >= 15 is 0 Å². The first kappa shape index (κ1) is 21.8. The smallest absolute Gasteiger partial charge is 0.248 e. The molecule has 0 aliphatic carbocycles. The zero-order chi connectivity index (χ0) is 18.2. The van der Waals surface area contributed by atoms with Crippen LogP contribution in [0.15, 0.2) is 53.5 Å². The van der Waals surface area contributed by atoms with Gasteiger partial charge in [-0.15, -0.1) is 24.0 Å². The number of amides is 1. The summed E-state index contributed by atoms with van der Waals surface area (Å²) in [6.07, 6.45) is 0. The Morgan fingerprint density at radius 3 is 2.19 bits per heavy atom. The highest BCUT2D eigenvalue weighted by Gasteiger charge is 2.07. The molecular formula is C19H25IN4O2. The fraction of sp³-hybridized carbons (Fsp3) is 0.263. The van der Waals surface area contributed by atoms with Crippen LogP contribution in [0.4, 0.5) is 0 Å². The molecule has 0 spiro atoms. The molecule has 0 aliphatic rings. The number of guanidine groups is 1. The summed E-state index contributed by atoms with van der Waals surface area (Å²) in [4.78, 5) is 17.5. The molecule has 2 rings (SSSR count). The lowest BCUT2D eigenvalue weighted by atomic mass is 10.1. The van der Waals surface area contributed by atoms with Crippen LogP contribution in [0.5, 0.6) is 5.75 Å². The van der Waals surface area contributed by atoms with E-state index in [-0.39, 0.29) is 24.0 Å². The second kappa shape index (κ2) is 10.6. The maximum atomic E-state index is 11.1. The number of ether oxygens (including phenoxy) is 1. The van der Waals surface area contributed by atoms with Crippen LogP contribution in [0.1, 0.15) is 21.5 Å². The molecule has 0 fully saturated rings. The summed E-state index contributed by atoms with van der Waals surface area (Å²) < 4.78 is 5.17. The van der Waals surface area contributed by atoms with Crippen molar-refractivity contribution in [3.63, 3.8) is 0 Å². The maximum Gasteiger partial charge on any atom is 0.248 e. The van der Waals surface area contributed by atoms with Gasteiger partial charge >= 0.3 is 0 Å². The summed E-state index contributed by atoms with van der Waals surface area (Å²) >= 11 is 0. The van der Waals surface area contributed by atoms with E-state index in [0.29, 0.717) is 12.1 Å². The minimum Gasteiger partial charge on any atom is -0.497 e. The molecule has 2 aromatic carbocycles. The molecule has 0 unspecified atom stereocenters. The van der Waals surface area contributed by atoms with Crippen molar-refractivity contribution in [2.24, 2.45) is 10.7 Å². The lowest BCUT2D eigenvalue weighted by Crippen LogP contribution is -2.38. The Morgan fingerprint density at radius 2 is 1.69 bits per heavy atom. The van der Waals surface area contributed by atoms with Gasteiger partial charge in [-0.3, -0.25) is 9.79 Å². The summed E-state index contributed by atoms with van der Waals surface area (Å²) in [5.41, 5.74) is 7.96. The Morgan fingerprint density at radius 1 is 1.12 bits per heavy atom. The Labute approximate surface area is 171 Å². The molecule has 0 radical (unpaired) electrons. The quantitative estimate of drug-likeness (QED) is 0.388. The van der Waals surface area contributed by atoms with Gasteiger partial charge in [0.15, 0.2) is 5.96 Å². The van der Waals surface area contributed by atoms with E-state index in [1.165, 1.54) is 0 Å². The van der Waals surface area contributed by atoms with E-state index in [2.05, 4.69) is 10.3 Å². The molecule has 0 aromatic heterocycles. The van der Waals surface area contributed by atoms with Crippen molar-refractivity contribution in [1.29, 1.82) is 0 Å². The molecule has 26 heavy (non-hydrogen) atoms. The van der Waals surface area contributed by atoms with Gasteiger partial charge in [-0.1, -0.05) is 24.3 Å². The number of primary amides is 1. The van der Waals surface area contributed by atoms with Crippen LogP contribution in [-0.2, 0) is 13.1 Å². The Kier molecular flexibility index (Phi) is 8.91.